The first-order chi connectivity index (χ1) is 13.0. The molecule has 6 nitrogen and oxygen atoms in total. The quantitative estimate of drug-likeness (QED) is 0.777. The monoisotopic (exact) mass is 377 g/mol. The molecule has 0 unspecified atom stereocenters. The summed E-state index contributed by atoms with van der Waals surface area (Å²) in [5.74, 6) is -1.21. The van der Waals surface area contributed by atoms with Gasteiger partial charge in [-0.05, 0) is 39.3 Å². The summed E-state index contributed by atoms with van der Waals surface area (Å²) in [6, 6.07) is 3.76. The van der Waals surface area contributed by atoms with Crippen LogP contribution in [0.15, 0.2) is 24.4 Å². The Labute approximate surface area is 157 Å². The van der Waals surface area contributed by atoms with Crippen LogP contribution in [-0.4, -0.2) is 56.9 Å². The maximum atomic E-state index is 13.9. The number of benzene rings is 1. The molecule has 1 aromatic carbocycles. The summed E-state index contributed by atoms with van der Waals surface area (Å²) in [7, 11) is 0. The van der Waals surface area contributed by atoms with Crippen molar-refractivity contribution in [1.82, 2.24) is 24.8 Å². The van der Waals surface area contributed by atoms with Gasteiger partial charge >= 0.3 is 0 Å². The Bertz CT molecular complexity index is 790. The summed E-state index contributed by atoms with van der Waals surface area (Å²) < 4.78 is 28.7. The Morgan fingerprint density at radius 3 is 2.78 bits per heavy atom. The number of carbonyl (C=O) groups excluding carboxylic acids is 1. The molecule has 1 fully saturated rings. The van der Waals surface area contributed by atoms with Crippen LogP contribution < -0.4 is 0 Å². The highest BCUT2D eigenvalue weighted by Gasteiger charge is 2.25. The minimum absolute atomic E-state index is 0.0769. The largest absolute Gasteiger partial charge is 0.338 e. The van der Waals surface area contributed by atoms with E-state index in [1.165, 1.54) is 12.1 Å². The molecule has 1 amide bonds. The average Bonchev–Trinajstić information content (AvgIpc) is 3.15. The van der Waals surface area contributed by atoms with E-state index in [0.29, 0.717) is 37.4 Å². The highest BCUT2D eigenvalue weighted by Crippen LogP contribution is 2.23. The lowest BCUT2D eigenvalue weighted by atomic mass is 10.0. The molecule has 146 valence electrons. The molecule has 0 aliphatic carbocycles. The van der Waals surface area contributed by atoms with Crippen LogP contribution >= 0.6 is 0 Å². The third kappa shape index (κ3) is 4.50. The van der Waals surface area contributed by atoms with Crippen molar-refractivity contribution in [3.63, 3.8) is 0 Å². The predicted molar refractivity (Wildman–Crippen MR) is 97.2 cm³/mol. The van der Waals surface area contributed by atoms with Gasteiger partial charge in [-0.15, -0.1) is 5.10 Å². The fourth-order valence-electron chi connectivity index (χ4n) is 3.51. The fourth-order valence-corrected chi connectivity index (χ4v) is 3.51. The van der Waals surface area contributed by atoms with Crippen LogP contribution in [0.1, 0.15) is 48.8 Å². The van der Waals surface area contributed by atoms with Crippen molar-refractivity contribution in [2.24, 2.45) is 0 Å². The second kappa shape index (κ2) is 8.56. The van der Waals surface area contributed by atoms with Gasteiger partial charge in [-0.2, -0.15) is 0 Å². The molecule has 1 saturated heterocycles. The highest BCUT2D eigenvalue weighted by molar-refractivity contribution is 5.91. The number of nitrogens with zero attached hydrogens (tertiary/aromatic N) is 5. The zero-order valence-electron chi connectivity index (χ0n) is 15.7. The molecular formula is C19H25F2N5O. The van der Waals surface area contributed by atoms with Gasteiger partial charge in [-0.3, -0.25) is 9.69 Å². The molecule has 1 aliphatic heterocycles. The van der Waals surface area contributed by atoms with Gasteiger partial charge in [0.2, 0.25) is 0 Å². The highest BCUT2D eigenvalue weighted by atomic mass is 19.1. The van der Waals surface area contributed by atoms with E-state index < -0.39 is 11.6 Å². The van der Waals surface area contributed by atoms with Crippen LogP contribution in [0.4, 0.5) is 8.78 Å². The lowest BCUT2D eigenvalue weighted by molar-refractivity contribution is 0.0767. The second-order valence-electron chi connectivity index (χ2n) is 6.83. The minimum Gasteiger partial charge on any atom is -0.338 e. The van der Waals surface area contributed by atoms with Gasteiger partial charge in [0, 0.05) is 37.8 Å². The smallest absolute Gasteiger partial charge is 0.276 e. The number of halogens is 2. The topological polar surface area (TPSA) is 54.3 Å². The first-order valence-corrected chi connectivity index (χ1v) is 9.39. The Morgan fingerprint density at radius 1 is 1.30 bits per heavy atom. The van der Waals surface area contributed by atoms with Crippen molar-refractivity contribution < 1.29 is 13.6 Å². The summed E-state index contributed by atoms with van der Waals surface area (Å²) in [5, 5.41) is 8.19. The molecule has 0 bridgehead atoms. The van der Waals surface area contributed by atoms with Crippen molar-refractivity contribution in [3.05, 3.63) is 47.3 Å². The normalized spacial score (nSPS) is 17.9. The summed E-state index contributed by atoms with van der Waals surface area (Å²) >= 11 is 0. The zero-order chi connectivity index (χ0) is 19.4. The maximum absolute atomic E-state index is 13.9. The summed E-state index contributed by atoms with van der Waals surface area (Å²) in [6.07, 6.45) is 3.56. The molecule has 1 atom stereocenters. The van der Waals surface area contributed by atoms with E-state index >= 15 is 0 Å². The van der Waals surface area contributed by atoms with Crippen molar-refractivity contribution >= 4 is 5.91 Å². The molecule has 0 N–H and O–H groups in total. The van der Waals surface area contributed by atoms with Gasteiger partial charge in [0.05, 0.1) is 12.2 Å². The summed E-state index contributed by atoms with van der Waals surface area (Å²) in [6.45, 7) is 7.05. The first kappa shape index (κ1) is 19.4. The number of likely N-dealkylation sites (tertiary alicyclic amines) is 1. The van der Waals surface area contributed by atoms with E-state index in [1.807, 2.05) is 13.8 Å². The number of rotatable bonds is 6. The van der Waals surface area contributed by atoms with Crippen LogP contribution in [0.3, 0.4) is 0 Å². The van der Waals surface area contributed by atoms with Crippen molar-refractivity contribution in [3.8, 4) is 0 Å². The third-order valence-corrected chi connectivity index (χ3v) is 5.04. The molecule has 2 aromatic rings. The van der Waals surface area contributed by atoms with Crippen molar-refractivity contribution in [1.29, 1.82) is 0 Å². The van der Waals surface area contributed by atoms with Gasteiger partial charge in [-0.1, -0.05) is 11.3 Å². The zero-order valence-corrected chi connectivity index (χ0v) is 15.7. The molecule has 2 heterocycles. The standard InChI is InChI=1S/C19H25F2N5O/c1-3-25(4-2)19(27)18-13-26(23-22-18)16-6-5-9-24(12-16)11-14-7-8-15(20)10-17(14)21/h7-8,10,13,16H,3-6,9,11-12H2,1-2H3/t16-/m1/s1. The third-order valence-electron chi connectivity index (χ3n) is 5.04. The Hall–Kier alpha value is -2.35. The molecule has 8 heteroatoms. The van der Waals surface area contributed by atoms with Crippen LogP contribution in [0.25, 0.3) is 0 Å². The Morgan fingerprint density at radius 2 is 2.07 bits per heavy atom. The van der Waals surface area contributed by atoms with E-state index in [1.54, 1.807) is 15.8 Å². The van der Waals surface area contributed by atoms with E-state index in [2.05, 4.69) is 15.2 Å². The fraction of sp³-hybridized carbons (Fsp3) is 0.526. The molecule has 0 saturated carbocycles. The SMILES string of the molecule is CCN(CC)C(=O)c1cn([C@@H]2CCCN(Cc3ccc(F)cc3F)C2)nn1. The number of hydrogen-bond donors (Lipinski definition) is 0. The van der Waals surface area contributed by atoms with Crippen LogP contribution in [0.2, 0.25) is 0 Å². The second-order valence-corrected chi connectivity index (χ2v) is 6.83. The van der Waals surface area contributed by atoms with Gasteiger partial charge in [0.25, 0.3) is 5.91 Å². The molecule has 27 heavy (non-hydrogen) atoms. The van der Waals surface area contributed by atoms with E-state index in [-0.39, 0.29) is 11.9 Å². The summed E-state index contributed by atoms with van der Waals surface area (Å²) in [4.78, 5) is 16.2. The van der Waals surface area contributed by atoms with Crippen molar-refractivity contribution in [2.45, 2.75) is 39.3 Å². The maximum Gasteiger partial charge on any atom is 0.276 e. The number of carbonyl (C=O) groups is 1. The molecule has 3 rings (SSSR count). The minimum atomic E-state index is -0.569. The average molecular weight is 377 g/mol. The summed E-state index contributed by atoms with van der Waals surface area (Å²) in [5.41, 5.74) is 0.827. The number of piperidine rings is 1. The van der Waals surface area contributed by atoms with Crippen molar-refractivity contribution in [2.75, 3.05) is 26.2 Å². The van der Waals surface area contributed by atoms with E-state index in [9.17, 15) is 13.6 Å². The molecule has 0 radical (unpaired) electrons. The van der Waals surface area contributed by atoms with Crippen LogP contribution in [-0.2, 0) is 6.54 Å². The van der Waals surface area contributed by atoms with E-state index in [0.717, 1.165) is 25.5 Å². The number of aromatic nitrogens is 3. The molecular weight excluding hydrogens is 352 g/mol. The number of amides is 1. The molecule has 1 aromatic heterocycles. The van der Waals surface area contributed by atoms with Gasteiger partial charge in [0.15, 0.2) is 5.69 Å². The van der Waals surface area contributed by atoms with Gasteiger partial charge in [-0.25, -0.2) is 13.5 Å². The Balaban J connectivity index is 1.67. The van der Waals surface area contributed by atoms with E-state index in [4.69, 9.17) is 0 Å². The van der Waals surface area contributed by atoms with Gasteiger partial charge in [0.1, 0.15) is 11.6 Å². The predicted octanol–water partition coefficient (Wildman–Crippen LogP) is 2.88. The number of hydrogen-bond acceptors (Lipinski definition) is 4. The van der Waals surface area contributed by atoms with Crippen LogP contribution in [0, 0.1) is 11.6 Å². The Kier molecular flexibility index (Phi) is 6.15. The molecule has 1 aliphatic rings. The first-order valence-electron chi connectivity index (χ1n) is 9.39. The van der Waals surface area contributed by atoms with Gasteiger partial charge < -0.3 is 4.90 Å². The lowest BCUT2D eigenvalue weighted by Crippen LogP contribution is -2.36. The lowest BCUT2D eigenvalue weighted by Gasteiger charge is -2.32. The van der Waals surface area contributed by atoms with Crippen LogP contribution in [0.5, 0.6) is 0 Å². The molecule has 0 spiro atoms.